The number of carbonyl (C=O) groups excluding carboxylic acids is 2. The summed E-state index contributed by atoms with van der Waals surface area (Å²) in [6, 6.07) is 13.4. The number of nitrogens with zero attached hydrogens (tertiary/aromatic N) is 1. The topological polar surface area (TPSA) is 105 Å². The van der Waals surface area contributed by atoms with Crippen LogP contribution in [0.25, 0.3) is 0 Å². The molecule has 2 aromatic carbocycles. The number of amides is 2. The van der Waals surface area contributed by atoms with Crippen molar-refractivity contribution in [2.75, 3.05) is 34.3 Å². The number of carbonyl (C=O) groups is 2. The number of ether oxygens (including phenoxy) is 1. The van der Waals surface area contributed by atoms with Crippen LogP contribution in [0.3, 0.4) is 0 Å². The zero-order valence-corrected chi connectivity index (χ0v) is 16.2. The summed E-state index contributed by atoms with van der Waals surface area (Å²) >= 11 is 0. The molecular weight excluding hydrogens is 382 g/mol. The minimum Gasteiger partial charge on any atom is -0.484 e. The average Bonchev–Trinajstić information content (AvgIpc) is 3.05. The Hall–Kier alpha value is -3.07. The maximum absolute atomic E-state index is 12.1. The van der Waals surface area contributed by atoms with Gasteiger partial charge in [0, 0.05) is 30.4 Å². The highest BCUT2D eigenvalue weighted by Crippen LogP contribution is 2.25. The van der Waals surface area contributed by atoms with Crippen LogP contribution < -0.4 is 19.7 Å². The second kappa shape index (κ2) is 8.30. The Bertz CT molecular complexity index is 991. The molecule has 0 unspecified atom stereocenters. The van der Waals surface area contributed by atoms with Gasteiger partial charge < -0.3 is 15.0 Å². The number of rotatable bonds is 7. The van der Waals surface area contributed by atoms with Crippen LogP contribution in [0.1, 0.15) is 12.8 Å². The Labute approximate surface area is 163 Å². The molecule has 1 heterocycles. The smallest absolute Gasteiger partial charge is 0.262 e. The molecule has 2 aromatic rings. The van der Waals surface area contributed by atoms with Crippen molar-refractivity contribution in [2.45, 2.75) is 12.8 Å². The van der Waals surface area contributed by atoms with Crippen LogP contribution in [0, 0.1) is 0 Å². The Balaban J connectivity index is 1.58. The second-order valence-corrected chi connectivity index (χ2v) is 8.19. The third-order valence-electron chi connectivity index (χ3n) is 4.02. The maximum atomic E-state index is 12.1. The molecule has 0 atom stereocenters. The summed E-state index contributed by atoms with van der Waals surface area (Å²) in [4.78, 5) is 25.7. The van der Waals surface area contributed by atoms with E-state index in [1.165, 1.54) is 6.07 Å². The van der Waals surface area contributed by atoms with Crippen molar-refractivity contribution in [1.29, 1.82) is 0 Å². The van der Waals surface area contributed by atoms with Crippen LogP contribution in [0.15, 0.2) is 48.5 Å². The van der Waals surface area contributed by atoms with E-state index in [-0.39, 0.29) is 18.4 Å². The number of sulfonamides is 1. The van der Waals surface area contributed by atoms with Crippen LogP contribution in [0.5, 0.6) is 5.75 Å². The van der Waals surface area contributed by atoms with E-state index in [1.54, 1.807) is 41.3 Å². The van der Waals surface area contributed by atoms with Gasteiger partial charge in [-0.15, -0.1) is 0 Å². The van der Waals surface area contributed by atoms with Crippen molar-refractivity contribution in [3.8, 4) is 5.75 Å². The molecule has 0 aliphatic carbocycles. The molecule has 0 aromatic heterocycles. The van der Waals surface area contributed by atoms with Crippen molar-refractivity contribution in [3.05, 3.63) is 48.5 Å². The van der Waals surface area contributed by atoms with Crippen LogP contribution in [0.4, 0.5) is 17.1 Å². The lowest BCUT2D eigenvalue weighted by molar-refractivity contribution is -0.118. The van der Waals surface area contributed by atoms with E-state index in [0.29, 0.717) is 30.1 Å². The molecule has 0 saturated carbocycles. The first kappa shape index (κ1) is 19.7. The molecule has 28 heavy (non-hydrogen) atoms. The van der Waals surface area contributed by atoms with E-state index in [9.17, 15) is 18.0 Å². The molecule has 1 aliphatic heterocycles. The van der Waals surface area contributed by atoms with Gasteiger partial charge in [0.05, 0.1) is 11.9 Å². The first-order valence-electron chi connectivity index (χ1n) is 8.71. The van der Waals surface area contributed by atoms with Crippen LogP contribution >= 0.6 is 0 Å². The van der Waals surface area contributed by atoms with E-state index in [1.807, 2.05) is 6.07 Å². The van der Waals surface area contributed by atoms with Gasteiger partial charge in [-0.2, -0.15) is 0 Å². The summed E-state index contributed by atoms with van der Waals surface area (Å²) in [5, 5.41) is 2.65. The fourth-order valence-electron chi connectivity index (χ4n) is 2.88. The van der Waals surface area contributed by atoms with Gasteiger partial charge in [0.15, 0.2) is 6.61 Å². The number of hydrogen-bond donors (Lipinski definition) is 2. The van der Waals surface area contributed by atoms with Crippen LogP contribution in [-0.2, 0) is 19.6 Å². The maximum Gasteiger partial charge on any atom is 0.262 e. The second-order valence-electron chi connectivity index (χ2n) is 6.44. The zero-order valence-electron chi connectivity index (χ0n) is 15.3. The molecule has 8 nitrogen and oxygen atoms in total. The number of anilines is 3. The molecule has 1 saturated heterocycles. The van der Waals surface area contributed by atoms with E-state index in [4.69, 9.17) is 4.74 Å². The SMILES string of the molecule is CS(=O)(=O)Nc1cccc(NC(=O)COc2cccc(N3CCCC3=O)c2)c1. The molecule has 1 fully saturated rings. The minimum atomic E-state index is -3.40. The van der Waals surface area contributed by atoms with Crippen LogP contribution in [-0.4, -0.2) is 39.6 Å². The van der Waals surface area contributed by atoms with Crippen molar-refractivity contribution in [1.82, 2.24) is 0 Å². The van der Waals surface area contributed by atoms with Crippen molar-refractivity contribution in [3.63, 3.8) is 0 Å². The highest BCUT2D eigenvalue weighted by atomic mass is 32.2. The van der Waals surface area contributed by atoms with Gasteiger partial charge in [0.25, 0.3) is 5.91 Å². The molecule has 0 radical (unpaired) electrons. The minimum absolute atomic E-state index is 0.0810. The zero-order chi connectivity index (χ0) is 20.1. The van der Waals surface area contributed by atoms with Crippen molar-refractivity contribution >= 4 is 38.9 Å². The van der Waals surface area contributed by atoms with E-state index < -0.39 is 10.0 Å². The van der Waals surface area contributed by atoms with E-state index in [2.05, 4.69) is 10.0 Å². The van der Waals surface area contributed by atoms with Gasteiger partial charge in [0.1, 0.15) is 5.75 Å². The predicted octanol–water partition coefficient (Wildman–Crippen LogP) is 2.20. The Morgan fingerprint density at radius 2 is 1.89 bits per heavy atom. The lowest BCUT2D eigenvalue weighted by Gasteiger charge is -2.16. The van der Waals surface area contributed by atoms with Crippen molar-refractivity contribution < 1.29 is 22.7 Å². The van der Waals surface area contributed by atoms with E-state index >= 15 is 0 Å². The summed E-state index contributed by atoms with van der Waals surface area (Å²) < 4.78 is 30.5. The number of hydrogen-bond acceptors (Lipinski definition) is 5. The molecule has 0 bridgehead atoms. The molecule has 3 rings (SSSR count). The predicted molar refractivity (Wildman–Crippen MR) is 107 cm³/mol. The Morgan fingerprint density at radius 1 is 1.14 bits per heavy atom. The fourth-order valence-corrected chi connectivity index (χ4v) is 3.44. The highest BCUT2D eigenvalue weighted by molar-refractivity contribution is 7.92. The van der Waals surface area contributed by atoms with Crippen molar-refractivity contribution in [2.24, 2.45) is 0 Å². The standard InChI is InChI=1S/C19H21N3O5S/c1-28(25,26)21-15-6-2-5-14(11-15)20-18(23)13-27-17-8-3-7-16(12-17)22-10-4-9-19(22)24/h2-3,5-8,11-12,21H,4,9-10,13H2,1H3,(H,20,23). The molecule has 2 N–H and O–H groups in total. The third kappa shape index (κ3) is 5.46. The monoisotopic (exact) mass is 403 g/mol. The summed E-state index contributed by atoms with van der Waals surface area (Å²) in [7, 11) is -3.40. The number of nitrogens with one attached hydrogen (secondary N) is 2. The first-order valence-corrected chi connectivity index (χ1v) is 10.6. The molecule has 9 heteroatoms. The lowest BCUT2D eigenvalue weighted by Crippen LogP contribution is -2.24. The van der Waals surface area contributed by atoms with Gasteiger partial charge in [-0.25, -0.2) is 8.42 Å². The van der Waals surface area contributed by atoms with Crippen LogP contribution in [0.2, 0.25) is 0 Å². The molecule has 148 valence electrons. The Kier molecular flexibility index (Phi) is 5.84. The molecule has 0 spiro atoms. The van der Waals surface area contributed by atoms with E-state index in [0.717, 1.165) is 18.4 Å². The van der Waals surface area contributed by atoms with Gasteiger partial charge in [-0.05, 0) is 36.8 Å². The Morgan fingerprint density at radius 3 is 2.61 bits per heavy atom. The van der Waals surface area contributed by atoms with Gasteiger partial charge in [0.2, 0.25) is 15.9 Å². The molecular formula is C19H21N3O5S. The fraction of sp³-hybridized carbons (Fsp3) is 0.263. The van der Waals surface area contributed by atoms with Gasteiger partial charge >= 0.3 is 0 Å². The summed E-state index contributed by atoms with van der Waals surface area (Å²) in [5.74, 6) is 0.177. The first-order chi connectivity index (χ1) is 13.3. The summed E-state index contributed by atoms with van der Waals surface area (Å²) in [6.45, 7) is 0.460. The molecule has 2 amide bonds. The number of benzene rings is 2. The summed E-state index contributed by atoms with van der Waals surface area (Å²) in [5.41, 5.74) is 1.54. The summed E-state index contributed by atoms with van der Waals surface area (Å²) in [6.07, 6.45) is 2.43. The lowest BCUT2D eigenvalue weighted by atomic mass is 10.2. The average molecular weight is 403 g/mol. The molecule has 1 aliphatic rings. The van der Waals surface area contributed by atoms with Gasteiger partial charge in [-0.3, -0.25) is 14.3 Å². The quantitative estimate of drug-likeness (QED) is 0.737. The highest BCUT2D eigenvalue weighted by Gasteiger charge is 2.21. The normalized spacial score (nSPS) is 14.0. The third-order valence-corrected chi connectivity index (χ3v) is 4.63. The largest absolute Gasteiger partial charge is 0.484 e. The van der Waals surface area contributed by atoms with Gasteiger partial charge in [-0.1, -0.05) is 12.1 Å².